The summed E-state index contributed by atoms with van der Waals surface area (Å²) in [4.78, 5) is 13.5. The van der Waals surface area contributed by atoms with Gasteiger partial charge in [0.05, 0.1) is 42.5 Å². The number of carbonyl (C=O) groups excluding carboxylic acids is 1. The van der Waals surface area contributed by atoms with Gasteiger partial charge >= 0.3 is 5.97 Å². The summed E-state index contributed by atoms with van der Waals surface area (Å²) in [6, 6.07) is 5.02. The molecule has 0 bridgehead atoms. The van der Waals surface area contributed by atoms with E-state index in [9.17, 15) is 25.2 Å². The van der Waals surface area contributed by atoms with Gasteiger partial charge < -0.3 is 54.7 Å². The van der Waals surface area contributed by atoms with E-state index in [0.717, 1.165) is 17.7 Å². The highest BCUT2D eigenvalue weighted by Crippen LogP contribution is 2.37. The summed E-state index contributed by atoms with van der Waals surface area (Å²) in [5.41, 5.74) is -2.19. The number of esters is 1. The quantitative estimate of drug-likeness (QED) is 0.243. The number of aliphatic hydroxyl groups excluding tert-OH is 2. The summed E-state index contributed by atoms with van der Waals surface area (Å²) < 4.78 is 31.2. The molecule has 2 fully saturated rings. The van der Waals surface area contributed by atoms with Gasteiger partial charge in [-0.25, -0.2) is 0 Å². The molecule has 274 valence electrons. The third-order valence-electron chi connectivity index (χ3n) is 10.6. The second kappa shape index (κ2) is 15.9. The fourth-order valence-corrected chi connectivity index (χ4v) is 7.67. The Labute approximate surface area is 285 Å². The van der Waals surface area contributed by atoms with Crippen LogP contribution in [0, 0.1) is 17.8 Å². The molecule has 1 aromatic rings. The Kier molecular flexibility index (Phi) is 12.8. The van der Waals surface area contributed by atoms with Crippen LogP contribution in [0.15, 0.2) is 18.2 Å². The minimum absolute atomic E-state index is 0.116. The molecule has 0 aliphatic carbocycles. The third kappa shape index (κ3) is 8.63. The first-order valence-electron chi connectivity index (χ1n) is 17.6. The summed E-state index contributed by atoms with van der Waals surface area (Å²) in [5.74, 6) is -1.17. The molecule has 3 aliphatic heterocycles. The predicted octanol–water partition coefficient (Wildman–Crippen LogP) is 2.31. The van der Waals surface area contributed by atoms with Crippen molar-refractivity contribution in [1.82, 2.24) is 10.6 Å². The van der Waals surface area contributed by atoms with Gasteiger partial charge in [-0.1, -0.05) is 20.8 Å². The number of aliphatic hydroxyl groups is 4. The molecule has 10 unspecified atom stereocenters. The molecular formula is C36H60N2O10. The topological polar surface area (TPSA) is 168 Å². The van der Waals surface area contributed by atoms with Gasteiger partial charge in [0, 0.05) is 23.9 Å². The molecule has 3 aliphatic rings. The van der Waals surface area contributed by atoms with Crippen molar-refractivity contribution >= 4 is 5.97 Å². The maximum atomic E-state index is 13.5. The lowest BCUT2D eigenvalue weighted by Gasteiger charge is -2.46. The van der Waals surface area contributed by atoms with Crippen LogP contribution in [0.5, 0.6) is 11.5 Å². The number of ether oxygens (including phenoxy) is 5. The van der Waals surface area contributed by atoms with Gasteiger partial charge in [0.2, 0.25) is 0 Å². The maximum absolute atomic E-state index is 13.5. The number of rotatable bonds is 6. The van der Waals surface area contributed by atoms with Crippen LogP contribution in [0.4, 0.5) is 0 Å². The van der Waals surface area contributed by atoms with Gasteiger partial charge in [-0.15, -0.1) is 0 Å². The van der Waals surface area contributed by atoms with Crippen LogP contribution >= 0.6 is 0 Å². The van der Waals surface area contributed by atoms with Crippen molar-refractivity contribution in [2.24, 2.45) is 17.8 Å². The van der Waals surface area contributed by atoms with Crippen LogP contribution in [0.1, 0.15) is 80.2 Å². The number of carbonyl (C=O) groups is 1. The zero-order valence-corrected chi connectivity index (χ0v) is 30.1. The van der Waals surface area contributed by atoms with Crippen molar-refractivity contribution < 1.29 is 48.9 Å². The first-order chi connectivity index (χ1) is 22.5. The lowest BCUT2D eigenvalue weighted by atomic mass is 9.78. The van der Waals surface area contributed by atoms with Gasteiger partial charge in [-0.05, 0) is 91.6 Å². The second-order valence-electron chi connectivity index (χ2n) is 15.0. The second-order valence-corrected chi connectivity index (χ2v) is 15.0. The highest BCUT2D eigenvalue weighted by atomic mass is 16.7. The van der Waals surface area contributed by atoms with Crippen molar-refractivity contribution in [2.45, 2.75) is 147 Å². The highest BCUT2D eigenvalue weighted by molar-refractivity contribution is 5.73. The Morgan fingerprint density at radius 1 is 1.10 bits per heavy atom. The lowest BCUT2D eigenvalue weighted by molar-refractivity contribution is -0.290. The van der Waals surface area contributed by atoms with E-state index in [1.807, 2.05) is 39.1 Å². The highest BCUT2D eigenvalue weighted by Gasteiger charge is 2.49. The molecule has 12 heteroatoms. The monoisotopic (exact) mass is 680 g/mol. The van der Waals surface area contributed by atoms with Crippen molar-refractivity contribution in [1.29, 1.82) is 0 Å². The molecule has 6 N–H and O–H groups in total. The SMILES string of the molecule is CCC1OC(=O)C(C)C(O)C(C)C(O[C@@H]2O[C@H](C)C[C@H](NC)[C@H]2Oc2ccc3c(c2)CCO3)C(C)(O)CC(C)CNC(C)C(O)C1(C)O. The molecule has 0 spiro atoms. The fraction of sp³-hybridized carbons (Fsp3) is 0.806. The normalized spacial score (nSPS) is 43.3. The van der Waals surface area contributed by atoms with Crippen molar-refractivity contribution in [3.63, 3.8) is 0 Å². The Hall–Kier alpha value is -2.03. The number of benzene rings is 1. The number of hydrogen-bond donors (Lipinski definition) is 6. The van der Waals surface area contributed by atoms with Gasteiger partial charge in [-0.3, -0.25) is 4.79 Å². The summed E-state index contributed by atoms with van der Waals surface area (Å²) in [5, 5.41) is 53.0. The fourth-order valence-electron chi connectivity index (χ4n) is 7.67. The molecule has 0 saturated carbocycles. The van der Waals surface area contributed by atoms with E-state index in [2.05, 4.69) is 10.6 Å². The summed E-state index contributed by atoms with van der Waals surface area (Å²) in [6.45, 7) is 14.9. The maximum Gasteiger partial charge on any atom is 0.311 e. The van der Waals surface area contributed by atoms with E-state index in [1.54, 1.807) is 34.6 Å². The molecule has 0 radical (unpaired) electrons. The van der Waals surface area contributed by atoms with E-state index in [4.69, 9.17) is 23.7 Å². The number of cyclic esters (lactones) is 1. The van der Waals surface area contributed by atoms with Gasteiger partial charge in [0.1, 0.15) is 29.3 Å². The van der Waals surface area contributed by atoms with Gasteiger partial charge in [0.15, 0.2) is 12.4 Å². The smallest absolute Gasteiger partial charge is 0.311 e. The number of hydrogen-bond acceptors (Lipinski definition) is 12. The van der Waals surface area contributed by atoms with Crippen LogP contribution in [0.2, 0.25) is 0 Å². The van der Waals surface area contributed by atoms with E-state index in [1.165, 1.54) is 6.92 Å². The Balaban J connectivity index is 1.68. The average Bonchev–Trinajstić information content (AvgIpc) is 3.51. The first-order valence-corrected chi connectivity index (χ1v) is 17.6. The van der Waals surface area contributed by atoms with Crippen molar-refractivity contribution in [2.75, 3.05) is 20.2 Å². The molecule has 48 heavy (non-hydrogen) atoms. The van der Waals surface area contributed by atoms with Crippen molar-refractivity contribution in [3.8, 4) is 11.5 Å². The molecule has 4 rings (SSSR count). The molecule has 0 aromatic heterocycles. The van der Waals surface area contributed by atoms with E-state index < -0.39 is 71.9 Å². The standard InChI is InChI=1S/C36H60N2O10/c1-10-28-36(8,43)31(40)23(6)38-18-19(2)17-35(7,42)32(21(4)29(39)22(5)33(41)47-28)48-34-30(26(37-9)15-20(3)45-34)46-25-11-12-27-24(16-25)13-14-44-27/h11-12,16,19-23,26,28-32,34,37-40,42-43H,10,13-15,17-18H2,1-9H3/t19?,20-,21?,22?,23?,26+,28?,29?,30-,31?,32?,34+,35?,36?/m1/s1. The van der Waals surface area contributed by atoms with Crippen LogP contribution in [-0.4, -0.2) is 113 Å². The number of fused-ring (bicyclic) bond motifs is 1. The molecule has 12 nitrogen and oxygen atoms in total. The molecule has 1 aromatic carbocycles. The molecule has 3 heterocycles. The first kappa shape index (κ1) is 38.8. The molecule has 2 saturated heterocycles. The summed E-state index contributed by atoms with van der Waals surface area (Å²) in [7, 11) is 1.86. The van der Waals surface area contributed by atoms with E-state index in [0.29, 0.717) is 25.3 Å². The predicted molar refractivity (Wildman–Crippen MR) is 180 cm³/mol. The lowest BCUT2D eigenvalue weighted by Crippen LogP contribution is -2.60. The zero-order chi connectivity index (χ0) is 35.6. The number of nitrogens with one attached hydrogen (secondary N) is 2. The Bertz CT molecular complexity index is 1210. The van der Waals surface area contributed by atoms with Crippen LogP contribution < -0.4 is 20.1 Å². The largest absolute Gasteiger partial charge is 0.493 e. The van der Waals surface area contributed by atoms with Crippen molar-refractivity contribution in [3.05, 3.63) is 23.8 Å². The average molecular weight is 681 g/mol. The Morgan fingerprint density at radius 2 is 1.81 bits per heavy atom. The summed E-state index contributed by atoms with van der Waals surface area (Å²) >= 11 is 0. The van der Waals surface area contributed by atoms with Gasteiger partial charge in [0.25, 0.3) is 0 Å². The van der Waals surface area contributed by atoms with E-state index >= 15 is 0 Å². The molecular weight excluding hydrogens is 620 g/mol. The van der Waals surface area contributed by atoms with Gasteiger partial charge in [-0.2, -0.15) is 0 Å². The minimum atomic E-state index is -1.76. The van der Waals surface area contributed by atoms with Crippen LogP contribution in [0.3, 0.4) is 0 Å². The molecule has 0 amide bonds. The minimum Gasteiger partial charge on any atom is -0.493 e. The Morgan fingerprint density at radius 3 is 2.48 bits per heavy atom. The third-order valence-corrected chi connectivity index (χ3v) is 10.6. The summed E-state index contributed by atoms with van der Waals surface area (Å²) in [6.07, 6.45) is -4.37. The van der Waals surface area contributed by atoms with Crippen LogP contribution in [0.25, 0.3) is 0 Å². The molecule has 14 atom stereocenters. The number of likely N-dealkylation sites (N-methyl/N-ethyl adjacent to an activating group) is 1. The van der Waals surface area contributed by atoms with Crippen LogP contribution in [-0.2, 0) is 25.4 Å². The zero-order valence-electron chi connectivity index (χ0n) is 30.1. The van der Waals surface area contributed by atoms with E-state index in [-0.39, 0.29) is 30.9 Å².